The molecule has 0 heterocycles. The van der Waals surface area contributed by atoms with E-state index >= 15 is 0 Å². The first kappa shape index (κ1) is 33.1. The summed E-state index contributed by atoms with van der Waals surface area (Å²) in [5.41, 5.74) is 0. The maximum absolute atomic E-state index is 10.9. The Morgan fingerprint density at radius 1 is 0.471 bits per heavy atom. The Morgan fingerprint density at radius 2 is 0.735 bits per heavy atom. The highest BCUT2D eigenvalue weighted by Crippen LogP contribution is 2.25. The fourth-order valence-electron chi connectivity index (χ4n) is 3.58. The Bertz CT molecular complexity index is 453. The Kier molecular flexibility index (Phi) is 27.6. The van der Waals surface area contributed by atoms with Gasteiger partial charge in [-0.2, -0.15) is 0 Å². The lowest BCUT2D eigenvalue weighted by atomic mass is 10.1. The van der Waals surface area contributed by atoms with Gasteiger partial charge in [-0.1, -0.05) is 125 Å². The number of esters is 2. The van der Waals surface area contributed by atoms with Crippen LogP contribution in [0.15, 0.2) is 25.3 Å². The van der Waals surface area contributed by atoms with E-state index in [0.717, 1.165) is 25.7 Å². The van der Waals surface area contributed by atoms with Crippen LogP contribution in [0.1, 0.15) is 116 Å². The smallest absolute Gasteiger partial charge is 0.330 e. The van der Waals surface area contributed by atoms with Crippen molar-refractivity contribution in [1.82, 2.24) is 0 Å². The minimum atomic E-state index is -0.311. The summed E-state index contributed by atoms with van der Waals surface area (Å²) in [6.07, 6.45) is 25.3. The zero-order chi connectivity index (χ0) is 25.0. The summed E-state index contributed by atoms with van der Waals surface area (Å²) in [5, 5.41) is 0. The monoisotopic (exact) mass is 514 g/mol. The number of ether oxygens (including phenoxy) is 2. The number of rotatable bonds is 27. The molecule has 0 unspecified atom stereocenters. The van der Waals surface area contributed by atoms with Crippen LogP contribution in [-0.4, -0.2) is 36.7 Å². The van der Waals surface area contributed by atoms with Crippen LogP contribution in [0.2, 0.25) is 0 Å². The molecule has 0 rings (SSSR count). The Morgan fingerprint density at radius 3 is 1.03 bits per heavy atom. The summed E-state index contributed by atoms with van der Waals surface area (Å²) in [5.74, 6) is 1.96. The van der Waals surface area contributed by atoms with Crippen LogP contribution in [0.4, 0.5) is 0 Å². The van der Waals surface area contributed by atoms with Gasteiger partial charge in [0.2, 0.25) is 0 Å². The fourth-order valence-corrected chi connectivity index (χ4v) is 5.88. The van der Waals surface area contributed by atoms with Gasteiger partial charge in [-0.15, -0.1) is 0 Å². The maximum Gasteiger partial charge on any atom is 0.330 e. The van der Waals surface area contributed by atoms with Crippen LogP contribution in [0.5, 0.6) is 0 Å². The second-order valence-corrected chi connectivity index (χ2v) is 11.5. The molecule has 4 nitrogen and oxygen atoms in total. The molecule has 0 aliphatic heterocycles. The molecular weight excluding hydrogens is 464 g/mol. The van der Waals surface area contributed by atoms with E-state index in [1.807, 2.05) is 0 Å². The van der Waals surface area contributed by atoms with E-state index in [2.05, 4.69) is 34.7 Å². The molecule has 0 aromatic rings. The molecule has 198 valence electrons. The lowest BCUT2D eigenvalue weighted by Gasteiger charge is -2.04. The third kappa shape index (κ3) is 27.4. The highest BCUT2D eigenvalue weighted by Gasteiger charge is 1.98. The second-order valence-electron chi connectivity index (χ2n) is 8.75. The molecule has 0 atom stereocenters. The molecule has 34 heavy (non-hydrogen) atoms. The first-order chi connectivity index (χ1) is 16.7. The number of hydrogen-bond acceptors (Lipinski definition) is 6. The molecule has 0 aliphatic carbocycles. The molecule has 0 aromatic carbocycles. The average molecular weight is 515 g/mol. The normalized spacial score (nSPS) is 10.7. The van der Waals surface area contributed by atoms with Crippen molar-refractivity contribution in [3.8, 4) is 0 Å². The lowest BCUT2D eigenvalue weighted by Crippen LogP contribution is -2.01. The van der Waals surface area contributed by atoms with Gasteiger partial charge in [-0.05, 0) is 25.7 Å². The van der Waals surface area contributed by atoms with Gasteiger partial charge in [-0.25, -0.2) is 9.59 Å². The van der Waals surface area contributed by atoms with Crippen molar-refractivity contribution < 1.29 is 19.1 Å². The van der Waals surface area contributed by atoms with Crippen molar-refractivity contribution >= 4 is 33.5 Å². The summed E-state index contributed by atoms with van der Waals surface area (Å²) in [4.78, 5) is 21.8. The van der Waals surface area contributed by atoms with Gasteiger partial charge in [-0.3, -0.25) is 0 Å². The molecule has 0 saturated heterocycles. The number of unbranched alkanes of at least 4 members (excludes halogenated alkanes) is 16. The third-order valence-electron chi connectivity index (χ3n) is 5.65. The van der Waals surface area contributed by atoms with Gasteiger partial charge in [0.05, 0.1) is 13.2 Å². The molecule has 0 saturated carbocycles. The van der Waals surface area contributed by atoms with Gasteiger partial charge in [0.1, 0.15) is 0 Å². The number of hydrogen-bond donors (Lipinski definition) is 0. The number of carbonyl (C=O) groups is 2. The van der Waals surface area contributed by atoms with Gasteiger partial charge < -0.3 is 9.47 Å². The van der Waals surface area contributed by atoms with Crippen LogP contribution in [0.3, 0.4) is 0 Å². The van der Waals surface area contributed by atoms with Crippen molar-refractivity contribution in [1.29, 1.82) is 0 Å². The standard InChI is InChI=1S/C28H50O4S2/c1-3-27(29)31-23-19-15-11-7-5-9-13-17-21-25-33-34-26-22-18-14-10-6-8-12-16-20-24-32-28(30)4-2/h3-4H,1-2,5-26H2. The molecule has 0 spiro atoms. The SMILES string of the molecule is C=CC(=O)OCCCCCCCCCCCSSCCCCCCCCCCCOC(=O)C=C. The summed E-state index contributed by atoms with van der Waals surface area (Å²) in [6.45, 7) is 7.84. The van der Waals surface area contributed by atoms with Gasteiger partial charge in [0.15, 0.2) is 0 Å². The van der Waals surface area contributed by atoms with Crippen molar-refractivity contribution in [2.24, 2.45) is 0 Å². The summed E-state index contributed by atoms with van der Waals surface area (Å²) < 4.78 is 9.95. The summed E-state index contributed by atoms with van der Waals surface area (Å²) >= 11 is 0. The molecule has 0 radical (unpaired) electrons. The van der Waals surface area contributed by atoms with E-state index in [0.29, 0.717) is 13.2 Å². The average Bonchev–Trinajstić information content (AvgIpc) is 2.85. The topological polar surface area (TPSA) is 52.6 Å². The van der Waals surface area contributed by atoms with E-state index in [9.17, 15) is 9.59 Å². The van der Waals surface area contributed by atoms with E-state index in [1.54, 1.807) is 0 Å². The summed E-state index contributed by atoms with van der Waals surface area (Å²) in [7, 11) is 4.12. The Balaban J connectivity index is 3.06. The molecular formula is C28H50O4S2. The largest absolute Gasteiger partial charge is 0.463 e. The highest BCUT2D eigenvalue weighted by atomic mass is 33.1. The van der Waals surface area contributed by atoms with E-state index in [4.69, 9.17) is 9.47 Å². The van der Waals surface area contributed by atoms with E-state index in [-0.39, 0.29) is 11.9 Å². The van der Waals surface area contributed by atoms with Gasteiger partial charge in [0.25, 0.3) is 0 Å². The zero-order valence-electron chi connectivity index (χ0n) is 21.6. The first-order valence-corrected chi connectivity index (χ1v) is 16.0. The minimum absolute atomic E-state index is 0.311. The Labute approximate surface area is 217 Å². The van der Waals surface area contributed by atoms with E-state index in [1.165, 1.54) is 114 Å². The lowest BCUT2D eigenvalue weighted by molar-refractivity contribution is -0.138. The van der Waals surface area contributed by atoms with Crippen molar-refractivity contribution in [2.75, 3.05) is 24.7 Å². The van der Waals surface area contributed by atoms with Gasteiger partial charge >= 0.3 is 11.9 Å². The molecule has 0 bridgehead atoms. The molecule has 0 N–H and O–H groups in total. The third-order valence-corrected chi connectivity index (χ3v) is 8.23. The van der Waals surface area contributed by atoms with Crippen LogP contribution >= 0.6 is 21.6 Å². The van der Waals surface area contributed by atoms with Crippen molar-refractivity contribution in [2.45, 2.75) is 116 Å². The molecule has 0 fully saturated rings. The second kappa shape index (κ2) is 28.4. The maximum atomic E-state index is 10.9. The molecule has 6 heteroatoms. The zero-order valence-corrected chi connectivity index (χ0v) is 23.2. The first-order valence-electron chi connectivity index (χ1n) is 13.5. The van der Waals surface area contributed by atoms with Crippen LogP contribution in [-0.2, 0) is 19.1 Å². The van der Waals surface area contributed by atoms with Crippen LogP contribution < -0.4 is 0 Å². The van der Waals surface area contributed by atoms with E-state index < -0.39 is 0 Å². The number of carbonyl (C=O) groups excluding carboxylic acids is 2. The predicted molar refractivity (Wildman–Crippen MR) is 150 cm³/mol. The van der Waals surface area contributed by atoms with Crippen molar-refractivity contribution in [3.63, 3.8) is 0 Å². The van der Waals surface area contributed by atoms with Crippen LogP contribution in [0.25, 0.3) is 0 Å². The predicted octanol–water partition coefficient (Wildman–Crippen LogP) is 8.85. The molecule has 0 amide bonds. The molecule has 0 aliphatic rings. The van der Waals surface area contributed by atoms with Gasteiger partial charge in [0, 0.05) is 23.7 Å². The Hall–Kier alpha value is -0.880. The quantitative estimate of drug-likeness (QED) is 0.0472. The fraction of sp³-hybridized carbons (Fsp3) is 0.786. The van der Waals surface area contributed by atoms with Crippen molar-refractivity contribution in [3.05, 3.63) is 25.3 Å². The highest BCUT2D eigenvalue weighted by molar-refractivity contribution is 8.76. The molecule has 0 aromatic heterocycles. The minimum Gasteiger partial charge on any atom is -0.463 e. The van der Waals surface area contributed by atoms with Crippen LogP contribution in [0, 0.1) is 0 Å². The summed E-state index contributed by atoms with van der Waals surface area (Å²) in [6, 6.07) is 0.